The average Bonchev–Trinajstić information content (AvgIpc) is 3.12. The van der Waals surface area contributed by atoms with Gasteiger partial charge < -0.3 is 15.5 Å². The summed E-state index contributed by atoms with van der Waals surface area (Å²) in [6.45, 7) is 3.54. The first-order valence-electron chi connectivity index (χ1n) is 9.70. The number of phosphoric ester groups is 1. The van der Waals surface area contributed by atoms with Crippen molar-refractivity contribution in [2.24, 2.45) is 5.73 Å². The Balaban J connectivity index is 1.73. The minimum absolute atomic E-state index is 0.158. The van der Waals surface area contributed by atoms with Gasteiger partial charge in [-0.3, -0.25) is 9.32 Å². The Kier molecular flexibility index (Phi) is 8.76. The number of ketones is 1. The van der Waals surface area contributed by atoms with E-state index in [0.717, 1.165) is 29.0 Å². The molecule has 2 aromatic rings. The van der Waals surface area contributed by atoms with E-state index in [1.807, 2.05) is 12.1 Å². The lowest BCUT2D eigenvalue weighted by atomic mass is 9.98. The molecule has 0 saturated heterocycles. The molecular formula is C21H30NO5PS. The molecule has 1 atom stereocenters. The lowest BCUT2D eigenvalue weighted by Gasteiger charge is -2.24. The van der Waals surface area contributed by atoms with Gasteiger partial charge in [-0.25, -0.2) is 4.57 Å². The summed E-state index contributed by atoms with van der Waals surface area (Å²) in [6.07, 6.45) is 4.49. The second-order valence-corrected chi connectivity index (χ2v) is 10.2. The molecule has 0 saturated carbocycles. The fourth-order valence-electron chi connectivity index (χ4n) is 2.87. The lowest BCUT2D eigenvalue weighted by molar-refractivity contribution is 0.0983. The molecule has 0 fully saturated rings. The Morgan fingerprint density at radius 3 is 2.48 bits per heavy atom. The minimum Gasteiger partial charge on any atom is -0.323 e. The summed E-state index contributed by atoms with van der Waals surface area (Å²) in [6, 6.07) is 12.3. The maximum atomic E-state index is 12.4. The first-order chi connectivity index (χ1) is 13.5. The molecule has 8 heteroatoms. The average molecular weight is 440 g/mol. The number of phosphoric acid groups is 1. The van der Waals surface area contributed by atoms with Crippen LogP contribution >= 0.6 is 19.2 Å². The summed E-state index contributed by atoms with van der Waals surface area (Å²) in [5.74, 6) is 0.158. The Morgan fingerprint density at radius 1 is 1.14 bits per heavy atom. The van der Waals surface area contributed by atoms with E-state index in [1.54, 1.807) is 6.92 Å². The van der Waals surface area contributed by atoms with E-state index >= 15 is 0 Å². The van der Waals surface area contributed by atoms with Crippen molar-refractivity contribution in [3.63, 3.8) is 0 Å². The van der Waals surface area contributed by atoms with Crippen LogP contribution in [0.15, 0.2) is 36.4 Å². The zero-order valence-corrected chi connectivity index (χ0v) is 18.7. The number of hydrogen-bond donors (Lipinski definition) is 3. The smallest absolute Gasteiger partial charge is 0.323 e. The summed E-state index contributed by atoms with van der Waals surface area (Å²) < 4.78 is 15.3. The van der Waals surface area contributed by atoms with Crippen molar-refractivity contribution in [3.8, 4) is 0 Å². The van der Waals surface area contributed by atoms with Crippen LogP contribution in [-0.2, 0) is 21.9 Å². The van der Waals surface area contributed by atoms with Gasteiger partial charge in [-0.1, -0.05) is 29.8 Å². The molecule has 0 aliphatic rings. The predicted octanol–water partition coefficient (Wildman–Crippen LogP) is 4.41. The number of carbonyl (C=O) groups excluding carboxylic acids is 1. The van der Waals surface area contributed by atoms with Gasteiger partial charge in [0, 0.05) is 16.8 Å². The summed E-state index contributed by atoms with van der Waals surface area (Å²) in [4.78, 5) is 31.8. The van der Waals surface area contributed by atoms with Crippen LogP contribution in [0, 0.1) is 6.92 Å². The van der Waals surface area contributed by atoms with E-state index in [4.69, 9.17) is 15.5 Å². The maximum Gasteiger partial charge on any atom is 0.469 e. The third-order valence-electron chi connectivity index (χ3n) is 4.68. The van der Waals surface area contributed by atoms with Gasteiger partial charge in [0.1, 0.15) is 0 Å². The second kappa shape index (κ2) is 10.6. The summed E-state index contributed by atoms with van der Waals surface area (Å²) in [5.41, 5.74) is 7.74. The van der Waals surface area contributed by atoms with E-state index < -0.39 is 13.4 Å². The number of hydrogen-bond acceptors (Lipinski definition) is 5. The fraction of sp³-hybridized carbons (Fsp3) is 0.476. The number of Topliss-reactive ketones (excluding diaryl/α,β-unsaturated/α-hetero) is 1. The van der Waals surface area contributed by atoms with E-state index in [0.29, 0.717) is 19.3 Å². The topological polar surface area (TPSA) is 110 Å². The Hall–Kier alpha value is -1.34. The van der Waals surface area contributed by atoms with E-state index in [2.05, 4.69) is 35.7 Å². The highest BCUT2D eigenvalue weighted by atomic mass is 32.1. The highest BCUT2D eigenvalue weighted by Gasteiger charge is 2.24. The van der Waals surface area contributed by atoms with Crippen molar-refractivity contribution in [1.29, 1.82) is 0 Å². The zero-order valence-electron chi connectivity index (χ0n) is 17.0. The number of benzene rings is 1. The van der Waals surface area contributed by atoms with Gasteiger partial charge in [-0.2, -0.15) is 0 Å². The van der Waals surface area contributed by atoms with E-state index in [1.165, 1.54) is 22.5 Å². The van der Waals surface area contributed by atoms with Crippen LogP contribution in [0.1, 0.15) is 58.3 Å². The molecule has 29 heavy (non-hydrogen) atoms. The molecule has 1 aromatic carbocycles. The molecule has 0 spiro atoms. The molecule has 0 aliphatic heterocycles. The van der Waals surface area contributed by atoms with Crippen LogP contribution in [0.2, 0.25) is 0 Å². The normalized spacial score (nSPS) is 14.0. The first kappa shape index (κ1) is 23.9. The number of nitrogens with two attached hydrogens (primary N) is 1. The standard InChI is InChI=1S/C21H30NO5PS/c1-16-7-9-17(10-8-16)5-3-4-6-19(23)20-12-11-18(29-20)13-14-21(2,22)15-27-28(24,25)26/h7-12H,3-6,13-15,22H2,1-2H3,(H2,24,25,26). The zero-order chi connectivity index (χ0) is 21.5. The predicted molar refractivity (Wildman–Crippen MR) is 116 cm³/mol. The van der Waals surface area contributed by atoms with Crippen molar-refractivity contribution in [2.45, 2.75) is 57.9 Å². The Bertz CT molecular complexity index is 841. The number of rotatable bonds is 12. The quantitative estimate of drug-likeness (QED) is 0.257. The highest BCUT2D eigenvalue weighted by Crippen LogP contribution is 2.37. The highest BCUT2D eigenvalue weighted by molar-refractivity contribution is 7.46. The lowest BCUT2D eigenvalue weighted by Crippen LogP contribution is -2.41. The van der Waals surface area contributed by atoms with Crippen molar-refractivity contribution < 1.29 is 23.7 Å². The molecule has 0 amide bonds. The number of unbranched alkanes of at least 4 members (excludes halogenated alkanes) is 1. The maximum absolute atomic E-state index is 12.4. The van der Waals surface area contributed by atoms with Crippen LogP contribution in [0.4, 0.5) is 0 Å². The number of aryl methyl sites for hydroxylation is 3. The summed E-state index contributed by atoms with van der Waals surface area (Å²) >= 11 is 1.46. The van der Waals surface area contributed by atoms with Gasteiger partial charge in [0.2, 0.25) is 0 Å². The molecule has 2 rings (SSSR count). The fourth-order valence-corrected chi connectivity index (χ4v) is 4.30. The molecule has 4 N–H and O–H groups in total. The first-order valence-corrected chi connectivity index (χ1v) is 12.1. The largest absolute Gasteiger partial charge is 0.469 e. The Labute approximate surface area is 176 Å². The van der Waals surface area contributed by atoms with Crippen molar-refractivity contribution in [2.75, 3.05) is 6.61 Å². The van der Waals surface area contributed by atoms with Crippen LogP contribution in [0.5, 0.6) is 0 Å². The monoisotopic (exact) mass is 439 g/mol. The van der Waals surface area contributed by atoms with Crippen molar-refractivity contribution >= 4 is 24.9 Å². The van der Waals surface area contributed by atoms with Crippen molar-refractivity contribution in [1.82, 2.24) is 0 Å². The molecule has 160 valence electrons. The third kappa shape index (κ3) is 9.34. The van der Waals surface area contributed by atoms with E-state index in [-0.39, 0.29) is 12.4 Å². The van der Waals surface area contributed by atoms with Gasteiger partial charge in [-0.05, 0) is 63.6 Å². The van der Waals surface area contributed by atoms with Gasteiger partial charge in [0.05, 0.1) is 11.5 Å². The molecule has 1 heterocycles. The third-order valence-corrected chi connectivity index (χ3v) is 6.33. The molecule has 0 aliphatic carbocycles. The molecule has 6 nitrogen and oxygen atoms in total. The van der Waals surface area contributed by atoms with Crippen LogP contribution in [0.25, 0.3) is 0 Å². The van der Waals surface area contributed by atoms with Gasteiger partial charge in [0.25, 0.3) is 0 Å². The molecule has 1 unspecified atom stereocenters. The van der Waals surface area contributed by atoms with E-state index in [9.17, 15) is 9.36 Å². The second-order valence-electron chi connectivity index (χ2n) is 7.80. The number of thiophene rings is 1. The van der Waals surface area contributed by atoms with Crippen molar-refractivity contribution in [3.05, 3.63) is 57.3 Å². The molecular weight excluding hydrogens is 409 g/mol. The van der Waals surface area contributed by atoms with Gasteiger partial charge >= 0.3 is 7.82 Å². The molecule has 1 aromatic heterocycles. The minimum atomic E-state index is -4.52. The number of carbonyl (C=O) groups is 1. The SMILES string of the molecule is Cc1ccc(CCCCC(=O)c2ccc(CCC(C)(N)COP(=O)(O)O)s2)cc1. The van der Waals surface area contributed by atoms with Crippen LogP contribution < -0.4 is 5.73 Å². The van der Waals surface area contributed by atoms with Crippen LogP contribution in [-0.4, -0.2) is 27.7 Å². The Morgan fingerprint density at radius 2 is 1.83 bits per heavy atom. The van der Waals surface area contributed by atoms with Gasteiger partial charge in [-0.15, -0.1) is 11.3 Å². The van der Waals surface area contributed by atoms with Gasteiger partial charge in [0.15, 0.2) is 5.78 Å². The summed E-state index contributed by atoms with van der Waals surface area (Å²) in [7, 11) is -4.52. The van der Waals surface area contributed by atoms with Crippen LogP contribution in [0.3, 0.4) is 0 Å². The molecule has 0 radical (unpaired) electrons. The summed E-state index contributed by atoms with van der Waals surface area (Å²) in [5, 5.41) is 0. The molecule has 0 bridgehead atoms.